The van der Waals surface area contributed by atoms with Crippen LogP contribution in [0.25, 0.3) is 0 Å². The van der Waals surface area contributed by atoms with E-state index >= 15 is 0 Å². The van der Waals surface area contributed by atoms with Crippen molar-refractivity contribution in [3.8, 4) is 0 Å². The molecule has 0 saturated carbocycles. The number of carbonyl (C=O) groups is 9. The van der Waals surface area contributed by atoms with E-state index in [1.807, 2.05) is 0 Å². The Hall–Kier alpha value is -6.37. The summed E-state index contributed by atoms with van der Waals surface area (Å²) >= 11 is 0. The van der Waals surface area contributed by atoms with Crippen LogP contribution in [-0.2, 0) is 56.0 Å². The van der Waals surface area contributed by atoms with Gasteiger partial charge in [0.05, 0.1) is 12.5 Å². The van der Waals surface area contributed by atoms with E-state index in [9.17, 15) is 58.5 Å². The van der Waals surface area contributed by atoms with Crippen LogP contribution in [0.15, 0.2) is 60.7 Å². The molecule has 0 radical (unpaired) electrons. The summed E-state index contributed by atoms with van der Waals surface area (Å²) in [5.41, 5.74) is 1.30. The fraction of sp³-hybridized carbons (Fsp3) is 0.475. The third kappa shape index (κ3) is 17.3. The maximum absolute atomic E-state index is 13.5. The third-order valence-electron chi connectivity index (χ3n) is 8.79. The molecule has 0 aromatic heterocycles. The van der Waals surface area contributed by atoms with E-state index in [2.05, 4.69) is 37.2 Å². The fourth-order valence-corrected chi connectivity index (χ4v) is 5.71. The van der Waals surface area contributed by atoms with Gasteiger partial charge in [-0.25, -0.2) is 4.79 Å². The summed E-state index contributed by atoms with van der Waals surface area (Å²) in [5.74, 6) is -9.00. The minimum atomic E-state index is -1.72. The fourth-order valence-electron chi connectivity index (χ4n) is 5.71. The Morgan fingerprint density at radius 1 is 0.508 bits per heavy atom. The number of carboxylic acid groups (broad SMARTS) is 2. The van der Waals surface area contributed by atoms with Crippen molar-refractivity contribution in [1.82, 2.24) is 37.2 Å². The highest BCUT2D eigenvalue weighted by Gasteiger charge is 2.34. The number of carboxylic acids is 2. The van der Waals surface area contributed by atoms with Crippen LogP contribution >= 0.6 is 0 Å². The normalized spacial score (nSPS) is 15.0. The topological polar surface area (TPSA) is 299 Å². The van der Waals surface area contributed by atoms with Crippen LogP contribution in [0.2, 0.25) is 0 Å². The largest absolute Gasteiger partial charge is 0.481 e. The highest BCUT2D eigenvalue weighted by Crippen LogP contribution is 2.09. The SMILES string of the molecule is CC(=O)N[C@@H](Cc1ccccc1)C(=O)N[C@H](C(=O)N[C@@H](CC(C)C)C(=O)N[C@@H](C)C(=O)N[C@@H](C)C(=O)N[C@@H](CC(=O)O)C(=O)N[C@@H](Cc1ccccc1)C(=O)O)[C@H](C)O. The van der Waals surface area contributed by atoms with E-state index in [0.717, 1.165) is 5.56 Å². The quantitative estimate of drug-likeness (QED) is 0.0640. The van der Waals surface area contributed by atoms with Crippen molar-refractivity contribution in [3.05, 3.63) is 71.8 Å². The average molecular weight is 826 g/mol. The first-order valence-corrected chi connectivity index (χ1v) is 19.0. The number of benzene rings is 2. The molecule has 2 aromatic carbocycles. The Balaban J connectivity index is 2.09. The molecule has 0 spiro atoms. The summed E-state index contributed by atoms with van der Waals surface area (Å²) in [4.78, 5) is 115. The lowest BCUT2D eigenvalue weighted by atomic mass is 10.0. The molecule has 0 saturated heterocycles. The van der Waals surface area contributed by atoms with Crippen LogP contribution in [0, 0.1) is 5.92 Å². The van der Waals surface area contributed by atoms with E-state index in [0.29, 0.717) is 5.56 Å². The maximum atomic E-state index is 13.5. The van der Waals surface area contributed by atoms with Crippen molar-refractivity contribution < 1.29 is 58.5 Å². The van der Waals surface area contributed by atoms with Gasteiger partial charge in [-0.05, 0) is 44.2 Å². The third-order valence-corrected chi connectivity index (χ3v) is 8.79. The number of aliphatic hydroxyl groups excluding tert-OH is 1. The molecule has 0 aliphatic carbocycles. The second kappa shape index (κ2) is 23.8. The van der Waals surface area contributed by atoms with Gasteiger partial charge in [-0.2, -0.15) is 0 Å². The highest BCUT2D eigenvalue weighted by atomic mass is 16.4. The summed E-state index contributed by atoms with van der Waals surface area (Å²) in [5, 5.41) is 46.3. The predicted octanol–water partition coefficient (Wildman–Crippen LogP) is -1.09. The first kappa shape index (κ1) is 48.8. The first-order valence-electron chi connectivity index (χ1n) is 19.0. The molecule has 7 amide bonds. The zero-order valence-corrected chi connectivity index (χ0v) is 33.8. The van der Waals surface area contributed by atoms with Crippen molar-refractivity contribution in [1.29, 1.82) is 0 Å². The van der Waals surface area contributed by atoms with Crippen molar-refractivity contribution in [2.45, 2.75) is 116 Å². The van der Waals surface area contributed by atoms with Gasteiger partial charge in [0.25, 0.3) is 0 Å². The molecule has 0 fully saturated rings. The zero-order valence-electron chi connectivity index (χ0n) is 33.8. The Kier molecular flexibility index (Phi) is 19.6. The van der Waals surface area contributed by atoms with Gasteiger partial charge < -0.3 is 52.5 Å². The van der Waals surface area contributed by atoms with Gasteiger partial charge in [0.15, 0.2) is 0 Å². The van der Waals surface area contributed by atoms with Crippen molar-refractivity contribution >= 4 is 53.3 Å². The van der Waals surface area contributed by atoms with Gasteiger partial charge in [-0.1, -0.05) is 74.5 Å². The van der Waals surface area contributed by atoms with Crippen LogP contribution in [-0.4, -0.2) is 117 Å². The lowest BCUT2D eigenvalue weighted by Gasteiger charge is -2.28. The molecule has 322 valence electrons. The maximum Gasteiger partial charge on any atom is 0.326 e. The molecular weight excluding hydrogens is 770 g/mol. The molecule has 0 aliphatic rings. The number of hydrogen-bond acceptors (Lipinski definition) is 10. The molecule has 2 aromatic rings. The number of rotatable bonds is 23. The molecule has 0 heterocycles. The molecule has 19 heteroatoms. The van der Waals surface area contributed by atoms with E-state index in [1.54, 1.807) is 74.5 Å². The summed E-state index contributed by atoms with van der Waals surface area (Å²) in [7, 11) is 0. The summed E-state index contributed by atoms with van der Waals surface area (Å²) in [6.45, 7) is 8.53. The average Bonchev–Trinajstić information content (AvgIpc) is 3.15. The molecule has 0 unspecified atom stereocenters. The monoisotopic (exact) mass is 825 g/mol. The van der Waals surface area contributed by atoms with Gasteiger partial charge in [-0.3, -0.25) is 38.4 Å². The Labute approximate surface area is 341 Å². The van der Waals surface area contributed by atoms with E-state index in [-0.39, 0.29) is 25.2 Å². The summed E-state index contributed by atoms with van der Waals surface area (Å²) < 4.78 is 0. The molecule has 0 bridgehead atoms. The molecule has 2 rings (SSSR count). The molecular formula is C40H55N7O12. The predicted molar refractivity (Wildman–Crippen MR) is 212 cm³/mol. The summed E-state index contributed by atoms with van der Waals surface area (Å²) in [6.07, 6.45) is -2.33. The van der Waals surface area contributed by atoms with Crippen molar-refractivity contribution in [2.24, 2.45) is 5.92 Å². The lowest BCUT2D eigenvalue weighted by Crippen LogP contribution is -2.61. The van der Waals surface area contributed by atoms with E-state index in [4.69, 9.17) is 0 Å². The zero-order chi connectivity index (χ0) is 44.4. The van der Waals surface area contributed by atoms with Gasteiger partial charge in [0.2, 0.25) is 41.4 Å². The number of hydrogen-bond donors (Lipinski definition) is 10. The second-order valence-corrected chi connectivity index (χ2v) is 14.6. The van der Waals surface area contributed by atoms with Crippen LogP contribution in [0.4, 0.5) is 0 Å². The number of carbonyl (C=O) groups excluding carboxylic acids is 7. The lowest BCUT2D eigenvalue weighted by molar-refractivity contribution is -0.143. The Morgan fingerprint density at radius 3 is 1.39 bits per heavy atom. The number of aliphatic carboxylic acids is 2. The van der Waals surface area contributed by atoms with E-state index < -0.39 is 108 Å². The van der Waals surface area contributed by atoms with Crippen LogP contribution in [0.3, 0.4) is 0 Å². The first-order chi connectivity index (χ1) is 27.7. The Bertz CT molecular complexity index is 1790. The molecule has 10 N–H and O–H groups in total. The molecule has 8 atom stereocenters. The minimum Gasteiger partial charge on any atom is -0.481 e. The van der Waals surface area contributed by atoms with E-state index in [1.165, 1.54) is 27.7 Å². The van der Waals surface area contributed by atoms with Gasteiger partial charge in [0.1, 0.15) is 42.3 Å². The van der Waals surface area contributed by atoms with Crippen LogP contribution < -0.4 is 37.2 Å². The Morgan fingerprint density at radius 2 is 0.932 bits per heavy atom. The van der Waals surface area contributed by atoms with Crippen molar-refractivity contribution in [2.75, 3.05) is 0 Å². The highest BCUT2D eigenvalue weighted by molar-refractivity contribution is 5.98. The van der Waals surface area contributed by atoms with Crippen LogP contribution in [0.5, 0.6) is 0 Å². The van der Waals surface area contributed by atoms with Crippen molar-refractivity contribution in [3.63, 3.8) is 0 Å². The molecule has 19 nitrogen and oxygen atoms in total. The summed E-state index contributed by atoms with van der Waals surface area (Å²) in [6, 6.07) is 7.36. The van der Waals surface area contributed by atoms with Gasteiger partial charge in [-0.15, -0.1) is 0 Å². The second-order valence-electron chi connectivity index (χ2n) is 14.6. The van der Waals surface area contributed by atoms with Gasteiger partial charge in [0, 0.05) is 19.8 Å². The minimum absolute atomic E-state index is 0.0643. The number of aliphatic hydroxyl groups is 1. The molecule has 59 heavy (non-hydrogen) atoms. The van der Waals surface area contributed by atoms with Gasteiger partial charge >= 0.3 is 11.9 Å². The standard InChI is InChI=1S/C40H55N7O12/c1-21(2)17-28(45-39(57)33(24(5)48)47-38(56)29(43-25(6)49)18-26-13-9-7-10-14-26)36(54)42-22(3)34(52)41-23(4)35(53)44-30(20-32(50)51)37(55)46-31(40(58)59)19-27-15-11-8-12-16-27/h7-16,21-24,28-31,33,48H,17-20H2,1-6H3,(H,41,52)(H,42,54)(H,43,49)(H,44,53)(H,45,57)(H,46,55)(H,47,56)(H,50,51)(H,58,59)/t22-,23-,24-,28-,29-,30-,31-,33-/m0/s1. The number of amides is 7. The molecule has 0 aliphatic heterocycles. The van der Waals surface area contributed by atoms with Crippen LogP contribution in [0.1, 0.15) is 65.5 Å². The smallest absolute Gasteiger partial charge is 0.326 e. The number of nitrogens with one attached hydrogen (secondary N) is 7.